The van der Waals surface area contributed by atoms with E-state index in [4.69, 9.17) is 22.2 Å². The average molecular weight is 275 g/mol. The highest BCUT2D eigenvalue weighted by Crippen LogP contribution is 2.22. The van der Waals surface area contributed by atoms with Gasteiger partial charge in [0.1, 0.15) is 5.15 Å². The number of aromatic nitrogens is 2. The number of nitrogens with one attached hydrogen (secondary N) is 1. The molecule has 0 spiro atoms. The van der Waals surface area contributed by atoms with E-state index in [2.05, 4.69) is 17.4 Å². The smallest absolute Gasteiger partial charge is 0.130 e. The van der Waals surface area contributed by atoms with Crippen LogP contribution in [-0.4, -0.2) is 29.0 Å². The Bertz CT molecular complexity index is 380. The molecule has 0 aromatic carbocycles. The van der Waals surface area contributed by atoms with Gasteiger partial charge in [0.15, 0.2) is 0 Å². The lowest BCUT2D eigenvalue weighted by atomic mass is 9.99. The van der Waals surface area contributed by atoms with Crippen LogP contribution >= 0.6 is 11.6 Å². The van der Waals surface area contributed by atoms with Crippen LogP contribution in [-0.2, 0) is 18.2 Å². The first-order valence-electron chi connectivity index (χ1n) is 6.22. The normalized spacial score (nSPS) is 14.8. The van der Waals surface area contributed by atoms with Gasteiger partial charge in [-0.05, 0) is 19.8 Å². The van der Waals surface area contributed by atoms with Crippen molar-refractivity contribution >= 4 is 11.6 Å². The van der Waals surface area contributed by atoms with E-state index in [0.29, 0.717) is 11.6 Å². The van der Waals surface area contributed by atoms with E-state index in [9.17, 15) is 0 Å². The Balaban J connectivity index is 2.84. The van der Waals surface area contributed by atoms with Crippen molar-refractivity contribution in [1.82, 2.24) is 15.2 Å². The van der Waals surface area contributed by atoms with Crippen LogP contribution in [0.1, 0.15) is 31.0 Å². The molecule has 1 aromatic rings. The molecule has 0 saturated heterocycles. The molecule has 0 aliphatic heterocycles. The molecule has 1 aromatic heterocycles. The van der Waals surface area contributed by atoms with Crippen LogP contribution in [0, 0.1) is 6.92 Å². The minimum Gasteiger partial charge on any atom is -0.380 e. The highest BCUT2D eigenvalue weighted by Gasteiger charge is 2.23. The number of nitrogens with zero attached hydrogens (tertiary/aromatic N) is 2. The zero-order chi connectivity index (χ0) is 13.7. The van der Waals surface area contributed by atoms with Crippen LogP contribution in [0.5, 0.6) is 0 Å². The summed E-state index contributed by atoms with van der Waals surface area (Å²) < 4.78 is 7.17. The number of hydrazine groups is 1. The lowest BCUT2D eigenvalue weighted by Crippen LogP contribution is -2.46. The number of hydrogen-bond donors (Lipinski definition) is 2. The molecule has 0 bridgehead atoms. The van der Waals surface area contributed by atoms with Crippen molar-refractivity contribution in [2.45, 2.75) is 45.3 Å². The predicted octanol–water partition coefficient (Wildman–Crippen LogP) is 1.57. The molecule has 0 aliphatic rings. The fourth-order valence-corrected chi connectivity index (χ4v) is 2.44. The van der Waals surface area contributed by atoms with Crippen molar-refractivity contribution in [3.63, 3.8) is 0 Å². The van der Waals surface area contributed by atoms with E-state index in [-0.39, 0.29) is 12.1 Å². The Labute approximate surface area is 114 Å². The monoisotopic (exact) mass is 274 g/mol. The fraction of sp³-hybridized carbons (Fsp3) is 0.750. The zero-order valence-electron chi connectivity index (χ0n) is 11.5. The number of hydrogen-bond acceptors (Lipinski definition) is 4. The van der Waals surface area contributed by atoms with Crippen LogP contribution in [0.15, 0.2) is 0 Å². The van der Waals surface area contributed by atoms with Crippen molar-refractivity contribution in [3.05, 3.63) is 16.4 Å². The van der Waals surface area contributed by atoms with E-state index < -0.39 is 0 Å². The van der Waals surface area contributed by atoms with Gasteiger partial charge in [-0.1, -0.05) is 24.9 Å². The van der Waals surface area contributed by atoms with Crippen molar-refractivity contribution in [2.75, 3.05) is 7.11 Å². The van der Waals surface area contributed by atoms with Gasteiger partial charge >= 0.3 is 0 Å². The fourth-order valence-electron chi connectivity index (χ4n) is 2.19. The minimum absolute atomic E-state index is 0.0374. The highest BCUT2D eigenvalue weighted by atomic mass is 35.5. The molecule has 18 heavy (non-hydrogen) atoms. The predicted molar refractivity (Wildman–Crippen MR) is 73.5 cm³/mol. The zero-order valence-corrected chi connectivity index (χ0v) is 12.3. The van der Waals surface area contributed by atoms with E-state index in [1.54, 1.807) is 11.8 Å². The van der Waals surface area contributed by atoms with Crippen molar-refractivity contribution in [1.29, 1.82) is 0 Å². The third kappa shape index (κ3) is 3.45. The summed E-state index contributed by atoms with van der Waals surface area (Å²) in [7, 11) is 3.55. The maximum absolute atomic E-state index is 6.23. The first-order valence-corrected chi connectivity index (χ1v) is 6.59. The SMILES string of the molecule is CCCC(OC)C(Cc1c(C)nn(C)c1Cl)NN. The van der Waals surface area contributed by atoms with E-state index in [1.165, 1.54) is 0 Å². The number of ether oxygens (including phenoxy) is 1. The molecule has 0 saturated carbocycles. The Morgan fingerprint density at radius 2 is 2.22 bits per heavy atom. The van der Waals surface area contributed by atoms with Crippen molar-refractivity contribution < 1.29 is 4.74 Å². The largest absolute Gasteiger partial charge is 0.380 e. The molecule has 5 nitrogen and oxygen atoms in total. The van der Waals surface area contributed by atoms with Gasteiger partial charge in [-0.15, -0.1) is 0 Å². The third-order valence-electron chi connectivity index (χ3n) is 3.23. The van der Waals surface area contributed by atoms with E-state index in [0.717, 1.165) is 24.1 Å². The first-order chi connectivity index (χ1) is 8.54. The van der Waals surface area contributed by atoms with Gasteiger partial charge in [0.25, 0.3) is 0 Å². The molecule has 2 atom stereocenters. The topological polar surface area (TPSA) is 65.1 Å². The second-order valence-electron chi connectivity index (χ2n) is 4.52. The Morgan fingerprint density at radius 3 is 2.61 bits per heavy atom. The molecular weight excluding hydrogens is 252 g/mol. The van der Waals surface area contributed by atoms with Gasteiger partial charge < -0.3 is 4.74 Å². The highest BCUT2D eigenvalue weighted by molar-refractivity contribution is 6.30. The molecule has 3 N–H and O–H groups in total. The molecule has 0 aliphatic carbocycles. The molecule has 0 amide bonds. The third-order valence-corrected chi connectivity index (χ3v) is 3.71. The molecule has 6 heteroatoms. The standard InChI is InChI=1S/C12H23ClN4O/c1-5-6-11(18-4)10(15-14)7-9-8(2)16-17(3)12(9)13/h10-11,15H,5-7,14H2,1-4H3. The van der Waals surface area contributed by atoms with Gasteiger partial charge in [-0.25, -0.2) is 0 Å². The second-order valence-corrected chi connectivity index (χ2v) is 4.88. The van der Waals surface area contributed by atoms with Gasteiger partial charge in [-0.2, -0.15) is 5.10 Å². The van der Waals surface area contributed by atoms with E-state index in [1.807, 2.05) is 14.0 Å². The van der Waals surface area contributed by atoms with Gasteiger partial charge in [-0.3, -0.25) is 16.0 Å². The quantitative estimate of drug-likeness (QED) is 0.585. The van der Waals surface area contributed by atoms with Crippen LogP contribution in [0.2, 0.25) is 5.15 Å². The maximum atomic E-state index is 6.23. The molecule has 104 valence electrons. The number of rotatable bonds is 7. The lowest BCUT2D eigenvalue weighted by Gasteiger charge is -2.25. The van der Waals surface area contributed by atoms with Gasteiger partial charge in [0.2, 0.25) is 0 Å². The Hall–Kier alpha value is -0.620. The summed E-state index contributed by atoms with van der Waals surface area (Å²) in [5.41, 5.74) is 4.80. The summed E-state index contributed by atoms with van der Waals surface area (Å²) in [6, 6.07) is 0.0374. The molecule has 1 rings (SSSR count). The van der Waals surface area contributed by atoms with Crippen molar-refractivity contribution in [3.8, 4) is 0 Å². The summed E-state index contributed by atoms with van der Waals surface area (Å²) in [5, 5.41) is 4.97. The Kier molecular flexibility index (Phi) is 6.08. The number of halogens is 1. The summed E-state index contributed by atoms with van der Waals surface area (Å²) in [6.45, 7) is 4.08. The van der Waals surface area contributed by atoms with Gasteiger partial charge in [0, 0.05) is 19.7 Å². The molecule has 2 unspecified atom stereocenters. The van der Waals surface area contributed by atoms with E-state index >= 15 is 0 Å². The minimum atomic E-state index is 0.0374. The van der Waals surface area contributed by atoms with Crippen LogP contribution in [0.25, 0.3) is 0 Å². The first kappa shape index (κ1) is 15.4. The maximum Gasteiger partial charge on any atom is 0.130 e. The lowest BCUT2D eigenvalue weighted by molar-refractivity contribution is 0.0609. The van der Waals surface area contributed by atoms with Crippen molar-refractivity contribution in [2.24, 2.45) is 12.9 Å². The molecule has 0 radical (unpaired) electrons. The van der Waals surface area contributed by atoms with Crippen LogP contribution < -0.4 is 11.3 Å². The molecule has 1 heterocycles. The average Bonchev–Trinajstić information content (AvgIpc) is 2.59. The van der Waals surface area contributed by atoms with Gasteiger partial charge in [0.05, 0.1) is 17.8 Å². The number of nitrogens with two attached hydrogens (primary N) is 1. The summed E-state index contributed by atoms with van der Waals surface area (Å²) >= 11 is 6.23. The van der Waals surface area contributed by atoms with Crippen LogP contribution in [0.3, 0.4) is 0 Å². The summed E-state index contributed by atoms with van der Waals surface area (Å²) in [5.74, 6) is 5.63. The Morgan fingerprint density at radius 1 is 1.56 bits per heavy atom. The molecular formula is C12H23ClN4O. The number of aryl methyl sites for hydroxylation is 2. The molecule has 0 fully saturated rings. The summed E-state index contributed by atoms with van der Waals surface area (Å²) in [4.78, 5) is 0. The summed E-state index contributed by atoms with van der Waals surface area (Å²) in [6.07, 6.45) is 2.81. The second kappa shape index (κ2) is 7.09. The van der Waals surface area contributed by atoms with Crippen LogP contribution in [0.4, 0.5) is 0 Å². The number of methoxy groups -OCH3 is 1.